The van der Waals surface area contributed by atoms with Crippen molar-refractivity contribution in [1.29, 1.82) is 0 Å². The number of carbonyl (C=O) groups is 1. The van der Waals surface area contributed by atoms with Gasteiger partial charge < -0.3 is 15.8 Å². The number of nitrogens with zero attached hydrogens (tertiary/aromatic N) is 3. The van der Waals surface area contributed by atoms with Crippen LogP contribution >= 0.6 is 0 Å². The van der Waals surface area contributed by atoms with Gasteiger partial charge in [-0.25, -0.2) is 14.2 Å². The summed E-state index contributed by atoms with van der Waals surface area (Å²) in [5, 5.41) is 14.2. The van der Waals surface area contributed by atoms with Crippen LogP contribution in [0.25, 0.3) is 11.0 Å². The summed E-state index contributed by atoms with van der Waals surface area (Å²) in [4.78, 5) is 18.5. The molecule has 4 N–H and O–H groups in total. The summed E-state index contributed by atoms with van der Waals surface area (Å²) < 4.78 is 13.5. The van der Waals surface area contributed by atoms with Gasteiger partial charge in [0.1, 0.15) is 11.5 Å². The molecule has 4 aromatic rings. The first-order valence-electron chi connectivity index (χ1n) is 9.05. The van der Waals surface area contributed by atoms with Crippen LogP contribution in [-0.4, -0.2) is 30.9 Å². The number of rotatable bonds is 3. The fourth-order valence-corrected chi connectivity index (χ4v) is 3.13. The smallest absolute Gasteiger partial charge is 0.432 e. The van der Waals surface area contributed by atoms with E-state index in [1.54, 1.807) is 31.3 Å². The lowest BCUT2D eigenvalue weighted by atomic mass is 10.0. The Balaban J connectivity index is 0.000000224. The third-order valence-corrected chi connectivity index (χ3v) is 4.70. The highest BCUT2D eigenvalue weighted by Crippen LogP contribution is 2.22. The summed E-state index contributed by atoms with van der Waals surface area (Å²) >= 11 is 0. The molecule has 0 bridgehead atoms. The SMILES string of the molecule is Cc1nn(C(=O)O)c(C)c1Cc1c[nH]c2ncccc12.NCc1ccccc1F. The summed E-state index contributed by atoms with van der Waals surface area (Å²) in [6.45, 7) is 3.87. The van der Waals surface area contributed by atoms with Gasteiger partial charge in [0.2, 0.25) is 0 Å². The van der Waals surface area contributed by atoms with Crippen LogP contribution in [0.5, 0.6) is 0 Å². The van der Waals surface area contributed by atoms with Crippen LogP contribution < -0.4 is 5.73 Å². The van der Waals surface area contributed by atoms with Crippen LogP contribution in [0.4, 0.5) is 9.18 Å². The Hall–Kier alpha value is -3.52. The van der Waals surface area contributed by atoms with Crippen molar-refractivity contribution in [2.45, 2.75) is 26.8 Å². The number of carboxylic acid groups (broad SMARTS) is 1. The lowest BCUT2D eigenvalue weighted by Gasteiger charge is -2.01. The summed E-state index contributed by atoms with van der Waals surface area (Å²) in [5.41, 5.74) is 10.0. The Bertz CT molecular complexity index is 1150. The third-order valence-electron chi connectivity index (χ3n) is 4.70. The normalized spacial score (nSPS) is 10.6. The van der Waals surface area contributed by atoms with E-state index < -0.39 is 6.09 Å². The fraction of sp³-hybridized carbons (Fsp3) is 0.190. The highest BCUT2D eigenvalue weighted by atomic mass is 19.1. The molecule has 0 fully saturated rings. The number of aromatic nitrogens is 4. The van der Waals surface area contributed by atoms with Gasteiger partial charge in [-0.05, 0) is 37.6 Å². The maximum atomic E-state index is 12.5. The minimum atomic E-state index is -1.06. The molecule has 0 aliphatic carbocycles. The van der Waals surface area contributed by atoms with Gasteiger partial charge in [-0.1, -0.05) is 18.2 Å². The van der Waals surface area contributed by atoms with E-state index in [0.717, 1.165) is 32.5 Å². The minimum Gasteiger partial charge on any atom is -0.463 e. The largest absolute Gasteiger partial charge is 0.463 e. The average molecular weight is 395 g/mol. The molecule has 0 atom stereocenters. The molecule has 29 heavy (non-hydrogen) atoms. The quantitative estimate of drug-likeness (QED) is 0.489. The van der Waals surface area contributed by atoms with Crippen molar-refractivity contribution in [2.24, 2.45) is 5.73 Å². The molecule has 0 saturated heterocycles. The molecule has 8 heteroatoms. The first-order valence-corrected chi connectivity index (χ1v) is 9.05. The number of nitrogens with two attached hydrogens (primary N) is 1. The number of H-pyrrole nitrogens is 1. The Kier molecular flexibility index (Phi) is 6.04. The molecule has 0 aliphatic heterocycles. The zero-order chi connectivity index (χ0) is 21.0. The van der Waals surface area contributed by atoms with Crippen LogP contribution in [0.15, 0.2) is 48.8 Å². The number of aromatic amines is 1. The summed E-state index contributed by atoms with van der Waals surface area (Å²) in [7, 11) is 0. The van der Waals surface area contributed by atoms with Crippen molar-refractivity contribution in [1.82, 2.24) is 19.7 Å². The maximum absolute atomic E-state index is 12.5. The van der Waals surface area contributed by atoms with Gasteiger partial charge in [0.05, 0.1) is 11.4 Å². The topological polar surface area (TPSA) is 110 Å². The molecule has 1 aromatic carbocycles. The fourth-order valence-electron chi connectivity index (χ4n) is 3.13. The molecule has 3 aromatic heterocycles. The van der Waals surface area contributed by atoms with E-state index in [9.17, 15) is 9.18 Å². The highest BCUT2D eigenvalue weighted by Gasteiger charge is 2.17. The molecule has 0 amide bonds. The predicted octanol–water partition coefficient (Wildman–Crippen LogP) is 3.78. The predicted molar refractivity (Wildman–Crippen MR) is 108 cm³/mol. The summed E-state index contributed by atoms with van der Waals surface area (Å²) in [6.07, 6.45) is 3.23. The monoisotopic (exact) mass is 395 g/mol. The van der Waals surface area contributed by atoms with E-state index in [1.165, 1.54) is 6.07 Å². The number of benzene rings is 1. The summed E-state index contributed by atoms with van der Waals surface area (Å²) in [5.74, 6) is -0.222. The first kappa shape index (κ1) is 20.2. The molecule has 0 unspecified atom stereocenters. The minimum absolute atomic E-state index is 0.222. The molecular weight excluding hydrogens is 373 g/mol. The van der Waals surface area contributed by atoms with Gasteiger partial charge in [-0.3, -0.25) is 0 Å². The molecule has 3 heterocycles. The van der Waals surface area contributed by atoms with Crippen LogP contribution in [0.2, 0.25) is 0 Å². The van der Waals surface area contributed by atoms with E-state index >= 15 is 0 Å². The molecule has 0 spiro atoms. The van der Waals surface area contributed by atoms with E-state index in [0.29, 0.717) is 17.7 Å². The van der Waals surface area contributed by atoms with Gasteiger partial charge in [0.25, 0.3) is 0 Å². The van der Waals surface area contributed by atoms with Crippen molar-refractivity contribution >= 4 is 17.1 Å². The van der Waals surface area contributed by atoms with Gasteiger partial charge >= 0.3 is 6.09 Å². The van der Waals surface area contributed by atoms with Crippen LogP contribution in [0, 0.1) is 19.7 Å². The average Bonchev–Trinajstić information content (AvgIpc) is 3.25. The van der Waals surface area contributed by atoms with Gasteiger partial charge in [-0.2, -0.15) is 9.78 Å². The van der Waals surface area contributed by atoms with E-state index in [1.807, 2.05) is 25.3 Å². The lowest BCUT2D eigenvalue weighted by molar-refractivity contribution is 0.192. The number of hydrogen-bond acceptors (Lipinski definition) is 4. The molecule has 0 aliphatic rings. The standard InChI is InChI=1S/C14H14N4O2.C7H8FN/c1-8-12(9(2)18(17-8)14(19)20)6-10-7-16-13-11(10)4-3-5-15-13;8-7-4-2-1-3-6(7)5-9/h3-5,7H,6H2,1-2H3,(H,15,16)(H,19,20);1-4H,5,9H2. The number of halogens is 1. The second kappa shape index (κ2) is 8.66. The lowest BCUT2D eigenvalue weighted by Crippen LogP contribution is -2.11. The molecule has 0 radical (unpaired) electrons. The second-order valence-electron chi connectivity index (χ2n) is 6.53. The van der Waals surface area contributed by atoms with Gasteiger partial charge in [0.15, 0.2) is 0 Å². The van der Waals surface area contributed by atoms with Crippen molar-refractivity contribution in [2.75, 3.05) is 0 Å². The molecule has 0 saturated carbocycles. The Morgan fingerprint density at radius 3 is 2.59 bits per heavy atom. The third kappa shape index (κ3) is 4.33. The van der Waals surface area contributed by atoms with Crippen molar-refractivity contribution in [3.8, 4) is 0 Å². The molecule has 7 nitrogen and oxygen atoms in total. The first-order chi connectivity index (χ1) is 13.9. The van der Waals surface area contributed by atoms with Crippen molar-refractivity contribution in [3.63, 3.8) is 0 Å². The Morgan fingerprint density at radius 2 is 1.97 bits per heavy atom. The number of hydrogen-bond donors (Lipinski definition) is 3. The van der Waals surface area contributed by atoms with Crippen molar-refractivity contribution < 1.29 is 14.3 Å². The van der Waals surface area contributed by atoms with E-state index in [2.05, 4.69) is 15.1 Å². The number of nitrogens with one attached hydrogen (secondary N) is 1. The number of fused-ring (bicyclic) bond motifs is 1. The highest BCUT2D eigenvalue weighted by molar-refractivity contribution is 5.80. The number of aryl methyl sites for hydroxylation is 1. The van der Waals surface area contributed by atoms with E-state index in [4.69, 9.17) is 10.8 Å². The summed E-state index contributed by atoms with van der Waals surface area (Å²) in [6, 6.07) is 10.4. The molecule has 150 valence electrons. The molecule has 4 rings (SSSR count). The van der Waals surface area contributed by atoms with Gasteiger partial charge in [0, 0.05) is 41.9 Å². The second-order valence-corrected chi connectivity index (χ2v) is 6.53. The van der Waals surface area contributed by atoms with Crippen LogP contribution in [0.3, 0.4) is 0 Å². The van der Waals surface area contributed by atoms with Crippen LogP contribution in [-0.2, 0) is 13.0 Å². The Morgan fingerprint density at radius 1 is 1.21 bits per heavy atom. The molecular formula is C21H22FN5O2. The van der Waals surface area contributed by atoms with Crippen molar-refractivity contribution in [3.05, 3.63) is 82.7 Å². The van der Waals surface area contributed by atoms with Gasteiger partial charge in [-0.15, -0.1) is 0 Å². The zero-order valence-corrected chi connectivity index (χ0v) is 16.2. The van der Waals surface area contributed by atoms with E-state index in [-0.39, 0.29) is 12.4 Å². The number of pyridine rings is 1. The zero-order valence-electron chi connectivity index (χ0n) is 16.2. The Labute approximate surface area is 167 Å². The maximum Gasteiger partial charge on any atom is 0.432 e. The van der Waals surface area contributed by atoms with Crippen LogP contribution in [0.1, 0.15) is 28.1 Å².